The fourth-order valence-electron chi connectivity index (χ4n) is 1.72. The van der Waals surface area contributed by atoms with E-state index in [1.54, 1.807) is 6.07 Å². The molecule has 0 aliphatic heterocycles. The van der Waals surface area contributed by atoms with Gasteiger partial charge in [-0.3, -0.25) is 4.79 Å². The standard InChI is InChI=1S/C14H11BrF3NO3/c15-12-6-5-11(22-12)13(21)19-7-10(20)8-1-3-9(4-2-8)14(16,17)18/h1-6,10,20H,7H2,(H,19,21). The van der Waals surface area contributed by atoms with Gasteiger partial charge in [0, 0.05) is 6.54 Å². The number of halogens is 4. The number of furan rings is 1. The number of amides is 1. The van der Waals surface area contributed by atoms with Gasteiger partial charge in [-0.25, -0.2) is 0 Å². The number of hydrogen-bond donors (Lipinski definition) is 2. The monoisotopic (exact) mass is 377 g/mol. The van der Waals surface area contributed by atoms with Crippen LogP contribution in [-0.2, 0) is 6.18 Å². The van der Waals surface area contributed by atoms with Crippen molar-refractivity contribution >= 4 is 21.8 Å². The molecular weight excluding hydrogens is 367 g/mol. The van der Waals surface area contributed by atoms with Gasteiger partial charge in [-0.2, -0.15) is 13.2 Å². The number of rotatable bonds is 4. The van der Waals surface area contributed by atoms with Gasteiger partial charge in [0.1, 0.15) is 0 Å². The van der Waals surface area contributed by atoms with E-state index in [1.165, 1.54) is 18.2 Å². The number of alkyl halides is 3. The number of aliphatic hydroxyl groups excluding tert-OH is 1. The van der Waals surface area contributed by atoms with Crippen LogP contribution >= 0.6 is 15.9 Å². The molecule has 2 rings (SSSR count). The quantitative estimate of drug-likeness (QED) is 0.856. The van der Waals surface area contributed by atoms with Crippen molar-refractivity contribution in [3.05, 3.63) is 58.0 Å². The summed E-state index contributed by atoms with van der Waals surface area (Å²) in [5, 5.41) is 12.3. The van der Waals surface area contributed by atoms with Crippen LogP contribution in [0.3, 0.4) is 0 Å². The topological polar surface area (TPSA) is 62.5 Å². The van der Waals surface area contributed by atoms with E-state index >= 15 is 0 Å². The van der Waals surface area contributed by atoms with Gasteiger partial charge >= 0.3 is 6.18 Å². The Labute approximate surface area is 132 Å². The average molecular weight is 378 g/mol. The van der Waals surface area contributed by atoms with E-state index in [4.69, 9.17) is 4.42 Å². The molecule has 0 bridgehead atoms. The van der Waals surface area contributed by atoms with E-state index in [0.29, 0.717) is 4.67 Å². The zero-order valence-electron chi connectivity index (χ0n) is 11.0. The third-order valence-electron chi connectivity index (χ3n) is 2.88. The Kier molecular flexibility index (Phi) is 4.92. The highest BCUT2D eigenvalue weighted by molar-refractivity contribution is 9.10. The number of hydrogen-bond acceptors (Lipinski definition) is 3. The molecule has 0 saturated heterocycles. The summed E-state index contributed by atoms with van der Waals surface area (Å²) in [5.74, 6) is -0.469. The van der Waals surface area contributed by atoms with Gasteiger partial charge in [0.2, 0.25) is 0 Å². The van der Waals surface area contributed by atoms with Crippen LogP contribution in [0.4, 0.5) is 13.2 Å². The van der Waals surface area contributed by atoms with E-state index in [-0.39, 0.29) is 17.9 Å². The highest BCUT2D eigenvalue weighted by Gasteiger charge is 2.30. The molecule has 0 fully saturated rings. The van der Waals surface area contributed by atoms with Crippen LogP contribution in [0.25, 0.3) is 0 Å². The third kappa shape index (κ3) is 4.11. The first-order chi connectivity index (χ1) is 10.3. The maximum Gasteiger partial charge on any atom is 0.416 e. The Morgan fingerprint density at radius 1 is 1.23 bits per heavy atom. The van der Waals surface area contributed by atoms with Crippen LogP contribution in [0.15, 0.2) is 45.5 Å². The first-order valence-electron chi connectivity index (χ1n) is 6.16. The Balaban J connectivity index is 1.95. The zero-order chi connectivity index (χ0) is 16.3. The minimum atomic E-state index is -4.43. The van der Waals surface area contributed by atoms with Crippen molar-refractivity contribution in [2.24, 2.45) is 0 Å². The van der Waals surface area contributed by atoms with Gasteiger partial charge < -0.3 is 14.8 Å². The molecule has 0 aliphatic rings. The second-order valence-corrected chi connectivity index (χ2v) is 5.23. The molecule has 4 nitrogen and oxygen atoms in total. The molecule has 1 unspecified atom stereocenters. The summed E-state index contributed by atoms with van der Waals surface area (Å²) in [7, 11) is 0. The second kappa shape index (κ2) is 6.53. The van der Waals surface area contributed by atoms with Crippen LogP contribution in [0.1, 0.15) is 27.8 Å². The molecule has 22 heavy (non-hydrogen) atoms. The summed E-state index contributed by atoms with van der Waals surface area (Å²) in [6.07, 6.45) is -5.55. The molecule has 1 heterocycles. The summed E-state index contributed by atoms with van der Waals surface area (Å²) in [6, 6.07) is 7.09. The van der Waals surface area contributed by atoms with Crippen molar-refractivity contribution < 1.29 is 27.5 Å². The molecule has 2 aromatic rings. The van der Waals surface area contributed by atoms with Crippen molar-refractivity contribution in [3.8, 4) is 0 Å². The predicted molar refractivity (Wildman–Crippen MR) is 75.1 cm³/mol. The first-order valence-corrected chi connectivity index (χ1v) is 6.95. The van der Waals surface area contributed by atoms with E-state index in [9.17, 15) is 23.1 Å². The van der Waals surface area contributed by atoms with Crippen molar-refractivity contribution in [2.45, 2.75) is 12.3 Å². The Morgan fingerprint density at radius 3 is 2.36 bits per heavy atom. The predicted octanol–water partition coefficient (Wildman–Crippen LogP) is 3.52. The Hall–Kier alpha value is -1.80. The van der Waals surface area contributed by atoms with E-state index in [2.05, 4.69) is 21.2 Å². The van der Waals surface area contributed by atoms with Crippen molar-refractivity contribution in [1.82, 2.24) is 5.32 Å². The van der Waals surface area contributed by atoms with Crippen LogP contribution in [0, 0.1) is 0 Å². The molecular formula is C14H11BrF3NO3. The number of benzene rings is 1. The van der Waals surface area contributed by atoms with E-state index in [1.807, 2.05) is 0 Å². The van der Waals surface area contributed by atoms with E-state index < -0.39 is 23.8 Å². The van der Waals surface area contributed by atoms with Crippen molar-refractivity contribution in [2.75, 3.05) is 6.54 Å². The molecule has 2 N–H and O–H groups in total. The number of nitrogens with one attached hydrogen (secondary N) is 1. The normalized spacial score (nSPS) is 13.0. The van der Waals surface area contributed by atoms with Crippen LogP contribution in [0.5, 0.6) is 0 Å². The molecule has 1 amide bonds. The lowest BCUT2D eigenvalue weighted by atomic mass is 10.1. The lowest BCUT2D eigenvalue weighted by molar-refractivity contribution is -0.137. The van der Waals surface area contributed by atoms with Gasteiger partial charge in [-0.1, -0.05) is 12.1 Å². The Morgan fingerprint density at radius 2 is 1.86 bits per heavy atom. The minimum absolute atomic E-state index is 0.0616. The number of aliphatic hydroxyl groups is 1. The highest BCUT2D eigenvalue weighted by atomic mass is 79.9. The van der Waals surface area contributed by atoms with Gasteiger partial charge in [-0.15, -0.1) is 0 Å². The molecule has 0 spiro atoms. The van der Waals surface area contributed by atoms with E-state index in [0.717, 1.165) is 12.1 Å². The van der Waals surface area contributed by atoms with Gasteiger partial charge in [-0.05, 0) is 45.8 Å². The second-order valence-electron chi connectivity index (χ2n) is 4.45. The molecule has 1 aromatic heterocycles. The molecule has 8 heteroatoms. The van der Waals surface area contributed by atoms with Crippen molar-refractivity contribution in [3.63, 3.8) is 0 Å². The maximum atomic E-state index is 12.4. The molecule has 118 valence electrons. The maximum absolute atomic E-state index is 12.4. The summed E-state index contributed by atoms with van der Waals surface area (Å²) >= 11 is 3.05. The summed E-state index contributed by atoms with van der Waals surface area (Å²) in [6.45, 7) is -0.150. The largest absolute Gasteiger partial charge is 0.444 e. The lowest BCUT2D eigenvalue weighted by Gasteiger charge is -2.13. The Bertz CT molecular complexity index is 652. The first kappa shape index (κ1) is 16.6. The number of carbonyl (C=O) groups excluding carboxylic acids is 1. The minimum Gasteiger partial charge on any atom is -0.444 e. The fraction of sp³-hybridized carbons (Fsp3) is 0.214. The van der Waals surface area contributed by atoms with Crippen LogP contribution in [0.2, 0.25) is 0 Å². The summed E-state index contributed by atoms with van der Waals surface area (Å²) in [5.41, 5.74) is -0.526. The summed E-state index contributed by atoms with van der Waals surface area (Å²) in [4.78, 5) is 11.7. The molecule has 0 aliphatic carbocycles. The van der Waals surface area contributed by atoms with Gasteiger partial charge in [0.05, 0.1) is 11.7 Å². The zero-order valence-corrected chi connectivity index (χ0v) is 12.6. The van der Waals surface area contributed by atoms with Crippen molar-refractivity contribution in [1.29, 1.82) is 0 Å². The SMILES string of the molecule is O=C(NCC(O)c1ccc(C(F)(F)F)cc1)c1ccc(Br)o1. The highest BCUT2D eigenvalue weighted by Crippen LogP contribution is 2.29. The third-order valence-corrected chi connectivity index (χ3v) is 3.30. The molecule has 0 saturated carbocycles. The molecule has 1 aromatic carbocycles. The van der Waals surface area contributed by atoms with Crippen LogP contribution in [-0.4, -0.2) is 17.6 Å². The number of carbonyl (C=O) groups is 1. The average Bonchev–Trinajstić information content (AvgIpc) is 2.90. The molecule has 1 atom stereocenters. The lowest BCUT2D eigenvalue weighted by Crippen LogP contribution is -2.28. The van der Waals surface area contributed by atoms with Gasteiger partial charge in [0.15, 0.2) is 10.4 Å². The van der Waals surface area contributed by atoms with Crippen LogP contribution < -0.4 is 5.32 Å². The summed E-state index contributed by atoms with van der Waals surface area (Å²) < 4.78 is 42.7. The smallest absolute Gasteiger partial charge is 0.416 e. The molecule has 0 radical (unpaired) electrons. The fourth-order valence-corrected chi connectivity index (χ4v) is 2.03. The van der Waals surface area contributed by atoms with Gasteiger partial charge in [0.25, 0.3) is 5.91 Å².